The number of rotatable bonds is 4. The molecule has 6 rings (SSSR count). The molecular formula is C30H40F2N2O. The first-order valence-corrected chi connectivity index (χ1v) is 14.1. The zero-order valence-electron chi connectivity index (χ0n) is 21.3. The average molecular weight is 483 g/mol. The number of halogens is 2. The first-order valence-electron chi connectivity index (χ1n) is 14.1. The molecule has 0 bridgehead atoms. The Hall–Kier alpha value is -1.62. The van der Waals surface area contributed by atoms with Crippen molar-refractivity contribution in [3.63, 3.8) is 0 Å². The van der Waals surface area contributed by atoms with E-state index in [1.807, 2.05) is 0 Å². The molecule has 1 heterocycles. The van der Waals surface area contributed by atoms with Gasteiger partial charge in [-0.2, -0.15) is 0 Å². The highest BCUT2D eigenvalue weighted by Crippen LogP contribution is 2.67. The minimum Gasteiger partial charge on any atom is -0.393 e. The Morgan fingerprint density at radius 1 is 0.971 bits per heavy atom. The number of hydrogen-bond donors (Lipinski definition) is 1. The number of benzene rings is 1. The van der Waals surface area contributed by atoms with Crippen molar-refractivity contribution in [1.82, 2.24) is 9.97 Å². The van der Waals surface area contributed by atoms with Crippen LogP contribution < -0.4 is 0 Å². The average Bonchev–Trinajstić information content (AvgIpc) is 3.16. The van der Waals surface area contributed by atoms with E-state index in [9.17, 15) is 13.9 Å². The fraction of sp³-hybridized carbons (Fsp3) is 0.733. The van der Waals surface area contributed by atoms with E-state index < -0.39 is 11.6 Å². The molecule has 35 heavy (non-hydrogen) atoms. The van der Waals surface area contributed by atoms with E-state index in [0.717, 1.165) is 31.6 Å². The lowest BCUT2D eigenvalue weighted by molar-refractivity contribution is -0.162. The largest absolute Gasteiger partial charge is 0.393 e. The Bertz CT molecular complexity index is 1110. The molecule has 8 unspecified atom stereocenters. The molecule has 0 radical (unpaired) electrons. The van der Waals surface area contributed by atoms with Crippen LogP contribution in [-0.4, -0.2) is 21.2 Å². The quantitative estimate of drug-likeness (QED) is 0.499. The monoisotopic (exact) mass is 482 g/mol. The molecule has 1 aromatic carbocycles. The van der Waals surface area contributed by atoms with Crippen molar-refractivity contribution < 1.29 is 13.9 Å². The molecule has 4 aliphatic carbocycles. The SMILES string of the molecule is CC12CCC3C(C(O)CC4CCCCC43C)C1CCC2CCCc1ncc2cc(F)c(F)cc2n1. The van der Waals surface area contributed by atoms with E-state index in [2.05, 4.69) is 23.8 Å². The second-order valence-electron chi connectivity index (χ2n) is 12.9. The highest BCUT2D eigenvalue weighted by Gasteiger charge is 2.61. The number of aromatic nitrogens is 2. The van der Waals surface area contributed by atoms with Crippen molar-refractivity contribution in [1.29, 1.82) is 0 Å². The summed E-state index contributed by atoms with van der Waals surface area (Å²) >= 11 is 0. The highest BCUT2D eigenvalue weighted by molar-refractivity contribution is 5.77. The van der Waals surface area contributed by atoms with Crippen molar-refractivity contribution in [2.24, 2.45) is 40.4 Å². The molecule has 4 saturated carbocycles. The van der Waals surface area contributed by atoms with Crippen molar-refractivity contribution in [3.8, 4) is 0 Å². The van der Waals surface area contributed by atoms with Crippen molar-refractivity contribution in [2.45, 2.75) is 97.0 Å². The van der Waals surface area contributed by atoms with E-state index >= 15 is 0 Å². The van der Waals surface area contributed by atoms with Crippen LogP contribution in [0.5, 0.6) is 0 Å². The summed E-state index contributed by atoms with van der Waals surface area (Å²) in [4.78, 5) is 8.92. The molecule has 5 heteroatoms. The lowest BCUT2D eigenvalue weighted by atomic mass is 9.44. The minimum atomic E-state index is -0.860. The van der Waals surface area contributed by atoms with Crippen molar-refractivity contribution in [3.05, 3.63) is 35.8 Å². The van der Waals surface area contributed by atoms with Crippen molar-refractivity contribution in [2.75, 3.05) is 0 Å². The normalized spacial score (nSPS) is 40.8. The van der Waals surface area contributed by atoms with Crippen LogP contribution in [0.15, 0.2) is 18.3 Å². The van der Waals surface area contributed by atoms with E-state index in [1.165, 1.54) is 63.5 Å². The first kappa shape index (κ1) is 23.8. The summed E-state index contributed by atoms with van der Waals surface area (Å²) in [5.41, 5.74) is 1.24. The van der Waals surface area contributed by atoms with Crippen LogP contribution in [0.25, 0.3) is 10.9 Å². The highest BCUT2D eigenvalue weighted by atomic mass is 19.2. The fourth-order valence-corrected chi connectivity index (χ4v) is 9.53. The third-order valence-corrected chi connectivity index (χ3v) is 11.4. The van der Waals surface area contributed by atoms with Crippen LogP contribution in [-0.2, 0) is 6.42 Å². The lowest BCUT2D eigenvalue weighted by Crippen LogP contribution is -2.57. The fourth-order valence-electron chi connectivity index (χ4n) is 9.53. The molecule has 1 aromatic heterocycles. The zero-order valence-corrected chi connectivity index (χ0v) is 21.3. The number of nitrogens with zero attached hydrogens (tertiary/aromatic N) is 2. The Labute approximate surface area is 208 Å². The van der Waals surface area contributed by atoms with Crippen LogP contribution in [0.3, 0.4) is 0 Å². The molecule has 4 aliphatic rings. The maximum atomic E-state index is 13.6. The Morgan fingerprint density at radius 2 is 1.77 bits per heavy atom. The van der Waals surface area contributed by atoms with Gasteiger partial charge in [-0.25, -0.2) is 18.7 Å². The topological polar surface area (TPSA) is 46.0 Å². The van der Waals surface area contributed by atoms with E-state index in [0.29, 0.717) is 51.2 Å². The maximum Gasteiger partial charge on any atom is 0.161 e. The van der Waals surface area contributed by atoms with Crippen LogP contribution >= 0.6 is 0 Å². The number of aliphatic hydroxyl groups is 1. The number of fused-ring (bicyclic) bond motifs is 6. The van der Waals surface area contributed by atoms with Crippen LogP contribution in [0.1, 0.15) is 90.3 Å². The van der Waals surface area contributed by atoms with Gasteiger partial charge in [-0.05, 0) is 104 Å². The van der Waals surface area contributed by atoms with Crippen LogP contribution in [0.2, 0.25) is 0 Å². The molecule has 0 amide bonds. The third-order valence-electron chi connectivity index (χ3n) is 11.4. The third kappa shape index (κ3) is 3.83. The van der Waals surface area contributed by atoms with E-state index in [-0.39, 0.29) is 6.10 Å². The van der Waals surface area contributed by atoms with Gasteiger partial charge in [0.05, 0.1) is 11.6 Å². The molecule has 8 atom stereocenters. The molecule has 0 spiro atoms. The summed E-state index contributed by atoms with van der Waals surface area (Å²) in [6, 6.07) is 2.34. The van der Waals surface area contributed by atoms with Gasteiger partial charge in [-0.15, -0.1) is 0 Å². The molecule has 0 aliphatic heterocycles. The summed E-state index contributed by atoms with van der Waals surface area (Å²) in [5, 5.41) is 11.9. The predicted molar refractivity (Wildman–Crippen MR) is 134 cm³/mol. The second-order valence-corrected chi connectivity index (χ2v) is 12.9. The van der Waals surface area contributed by atoms with Gasteiger partial charge in [0.25, 0.3) is 0 Å². The van der Waals surface area contributed by atoms with Gasteiger partial charge in [-0.1, -0.05) is 26.7 Å². The number of aryl methyl sites for hydroxylation is 1. The molecular weight excluding hydrogens is 442 g/mol. The predicted octanol–water partition coefficient (Wildman–Crippen LogP) is 7.25. The summed E-state index contributed by atoms with van der Waals surface area (Å²) in [7, 11) is 0. The van der Waals surface area contributed by atoms with Crippen LogP contribution in [0.4, 0.5) is 8.78 Å². The minimum absolute atomic E-state index is 0.115. The van der Waals surface area contributed by atoms with Crippen molar-refractivity contribution >= 4 is 10.9 Å². The molecule has 0 saturated heterocycles. The first-order chi connectivity index (χ1) is 16.8. The van der Waals surface area contributed by atoms with Gasteiger partial charge in [0.15, 0.2) is 11.6 Å². The Kier molecular flexibility index (Phi) is 5.94. The van der Waals surface area contributed by atoms with Gasteiger partial charge >= 0.3 is 0 Å². The number of hydrogen-bond acceptors (Lipinski definition) is 3. The molecule has 1 N–H and O–H groups in total. The Balaban J connectivity index is 1.14. The van der Waals surface area contributed by atoms with Gasteiger partial charge < -0.3 is 5.11 Å². The molecule has 2 aromatic rings. The molecule has 4 fully saturated rings. The standard InChI is InChI=1S/C30H40F2N2O/c1-29-12-4-3-6-20(29)15-26(35)28-21-10-9-19(30(21,2)13-11-22(28)29)7-5-8-27-33-17-18-14-23(31)24(32)16-25(18)34-27/h14,16-17,19-22,26,28,35H,3-13,15H2,1-2H3. The van der Waals surface area contributed by atoms with Gasteiger partial charge in [-0.3, -0.25) is 0 Å². The lowest BCUT2D eigenvalue weighted by Gasteiger charge is -2.62. The maximum absolute atomic E-state index is 13.6. The second kappa shape index (κ2) is 8.75. The van der Waals surface area contributed by atoms with Gasteiger partial charge in [0.2, 0.25) is 0 Å². The summed E-state index contributed by atoms with van der Waals surface area (Å²) in [5.74, 6) is 2.23. The molecule has 190 valence electrons. The van der Waals surface area contributed by atoms with Crippen LogP contribution in [0, 0.1) is 52.1 Å². The number of aliphatic hydroxyl groups excluding tert-OH is 1. The molecule has 3 nitrogen and oxygen atoms in total. The summed E-state index contributed by atoms with van der Waals surface area (Å²) in [6.07, 6.45) is 16.0. The zero-order chi connectivity index (χ0) is 24.4. The summed E-state index contributed by atoms with van der Waals surface area (Å²) < 4.78 is 27.1. The Morgan fingerprint density at radius 3 is 2.63 bits per heavy atom. The van der Waals surface area contributed by atoms with E-state index in [4.69, 9.17) is 0 Å². The van der Waals surface area contributed by atoms with E-state index in [1.54, 1.807) is 6.20 Å². The van der Waals surface area contributed by atoms with Gasteiger partial charge in [0.1, 0.15) is 5.82 Å². The summed E-state index contributed by atoms with van der Waals surface area (Å²) in [6.45, 7) is 5.09. The van der Waals surface area contributed by atoms with Gasteiger partial charge in [0, 0.05) is 24.1 Å². The smallest absolute Gasteiger partial charge is 0.161 e.